The Kier molecular flexibility index (Phi) is 2.25. The van der Waals surface area contributed by atoms with Crippen LogP contribution in [0.5, 0.6) is 0 Å². The molecule has 2 aliphatic rings. The lowest BCUT2D eigenvalue weighted by molar-refractivity contribution is 0.143. The molecule has 0 aromatic heterocycles. The minimum absolute atomic E-state index is 0.943. The van der Waals surface area contributed by atoms with Crippen LogP contribution in [-0.2, 0) is 0 Å². The zero-order chi connectivity index (χ0) is 8.55. The third-order valence-electron chi connectivity index (χ3n) is 4.05. The summed E-state index contributed by atoms with van der Waals surface area (Å²) >= 11 is 0. The number of rotatable bonds is 1. The quantitative estimate of drug-likeness (QED) is 0.519. The molecule has 4 unspecified atom stereocenters. The van der Waals surface area contributed by atoms with Gasteiger partial charge in [-0.05, 0) is 36.5 Å². The first-order valence-corrected chi connectivity index (χ1v) is 5.49. The van der Waals surface area contributed by atoms with E-state index in [1.807, 2.05) is 0 Å². The van der Waals surface area contributed by atoms with Gasteiger partial charge in [-0.1, -0.05) is 38.8 Å². The first-order valence-electron chi connectivity index (χ1n) is 5.49. The Morgan fingerprint density at radius 2 is 2.17 bits per heavy atom. The Balaban J connectivity index is 2.09. The van der Waals surface area contributed by atoms with Gasteiger partial charge in [-0.3, -0.25) is 0 Å². The Morgan fingerprint density at radius 3 is 2.92 bits per heavy atom. The van der Waals surface area contributed by atoms with Gasteiger partial charge in [0.2, 0.25) is 0 Å². The summed E-state index contributed by atoms with van der Waals surface area (Å²) in [5.41, 5.74) is 0. The smallest absolute Gasteiger partial charge is 0.0171 e. The van der Waals surface area contributed by atoms with Crippen molar-refractivity contribution in [3.8, 4) is 0 Å². The molecule has 0 bridgehead atoms. The fourth-order valence-corrected chi connectivity index (χ4v) is 3.17. The second-order valence-electron chi connectivity index (χ2n) is 4.63. The molecule has 0 saturated heterocycles. The summed E-state index contributed by atoms with van der Waals surface area (Å²) < 4.78 is 0. The van der Waals surface area contributed by atoms with Crippen molar-refractivity contribution in [2.24, 2.45) is 23.7 Å². The van der Waals surface area contributed by atoms with Crippen molar-refractivity contribution in [3.63, 3.8) is 0 Å². The first kappa shape index (κ1) is 8.34. The highest BCUT2D eigenvalue weighted by Crippen LogP contribution is 2.45. The van der Waals surface area contributed by atoms with Gasteiger partial charge in [-0.2, -0.15) is 0 Å². The van der Waals surface area contributed by atoms with Crippen molar-refractivity contribution in [3.05, 3.63) is 12.2 Å². The summed E-state index contributed by atoms with van der Waals surface area (Å²) in [6.07, 6.45) is 10.6. The molecule has 1 saturated carbocycles. The largest absolute Gasteiger partial charge is 0.0879 e. The Morgan fingerprint density at radius 1 is 1.33 bits per heavy atom. The summed E-state index contributed by atoms with van der Waals surface area (Å²) in [6.45, 7) is 4.79. The van der Waals surface area contributed by atoms with Crippen LogP contribution in [0.4, 0.5) is 0 Å². The topological polar surface area (TPSA) is 0 Å². The Bertz CT molecular complexity index is 180. The highest BCUT2D eigenvalue weighted by molar-refractivity contribution is 5.06. The van der Waals surface area contributed by atoms with Crippen molar-refractivity contribution in [1.29, 1.82) is 0 Å². The highest BCUT2D eigenvalue weighted by Gasteiger charge is 2.36. The first-order chi connectivity index (χ1) is 5.83. The van der Waals surface area contributed by atoms with Gasteiger partial charge in [-0.25, -0.2) is 0 Å². The number of hydrogen-bond donors (Lipinski definition) is 0. The third kappa shape index (κ3) is 1.22. The molecule has 0 heterocycles. The number of hydrogen-bond acceptors (Lipinski definition) is 0. The zero-order valence-corrected chi connectivity index (χ0v) is 8.29. The lowest BCUT2D eigenvalue weighted by atomic mass is 9.68. The van der Waals surface area contributed by atoms with Crippen LogP contribution in [0.2, 0.25) is 0 Å². The van der Waals surface area contributed by atoms with Crippen LogP contribution < -0.4 is 0 Å². The molecule has 0 spiro atoms. The van der Waals surface area contributed by atoms with E-state index in [-0.39, 0.29) is 0 Å². The second kappa shape index (κ2) is 3.24. The number of allylic oxidation sites excluding steroid dienone is 2. The van der Waals surface area contributed by atoms with Gasteiger partial charge in [0.1, 0.15) is 0 Å². The molecule has 0 amide bonds. The van der Waals surface area contributed by atoms with Gasteiger partial charge in [0, 0.05) is 0 Å². The predicted molar refractivity (Wildman–Crippen MR) is 52.9 cm³/mol. The minimum atomic E-state index is 0.943. The van der Waals surface area contributed by atoms with E-state index in [1.165, 1.54) is 25.7 Å². The van der Waals surface area contributed by atoms with Crippen molar-refractivity contribution < 1.29 is 0 Å². The van der Waals surface area contributed by atoms with E-state index < -0.39 is 0 Å². The number of fused-ring (bicyclic) bond motifs is 1. The van der Waals surface area contributed by atoms with Gasteiger partial charge in [0.05, 0.1) is 0 Å². The van der Waals surface area contributed by atoms with Crippen LogP contribution in [0.15, 0.2) is 12.2 Å². The molecule has 2 rings (SSSR count). The van der Waals surface area contributed by atoms with Crippen LogP contribution in [0.3, 0.4) is 0 Å². The molecular weight excluding hydrogens is 144 g/mol. The fraction of sp³-hybridized carbons (Fsp3) is 0.833. The lowest BCUT2D eigenvalue weighted by Crippen LogP contribution is -2.29. The average Bonchev–Trinajstić information content (AvgIpc) is 2.54. The summed E-state index contributed by atoms with van der Waals surface area (Å²) in [5, 5.41) is 0. The molecule has 0 nitrogen and oxygen atoms in total. The predicted octanol–water partition coefficient (Wildman–Crippen LogP) is 3.63. The minimum Gasteiger partial charge on any atom is -0.0879 e. The molecule has 0 N–H and O–H groups in total. The van der Waals surface area contributed by atoms with E-state index in [9.17, 15) is 0 Å². The van der Waals surface area contributed by atoms with Gasteiger partial charge >= 0.3 is 0 Å². The molecule has 68 valence electrons. The average molecular weight is 164 g/mol. The summed E-state index contributed by atoms with van der Waals surface area (Å²) in [7, 11) is 0. The maximum absolute atomic E-state index is 2.49. The van der Waals surface area contributed by atoms with Crippen LogP contribution >= 0.6 is 0 Å². The molecule has 2 aliphatic carbocycles. The summed E-state index contributed by atoms with van der Waals surface area (Å²) in [6, 6.07) is 0. The van der Waals surface area contributed by atoms with E-state index in [0.29, 0.717) is 0 Å². The van der Waals surface area contributed by atoms with Crippen LogP contribution in [0, 0.1) is 23.7 Å². The fourth-order valence-electron chi connectivity index (χ4n) is 3.17. The lowest BCUT2D eigenvalue weighted by Gasteiger charge is -2.37. The van der Waals surface area contributed by atoms with E-state index in [4.69, 9.17) is 0 Å². The molecule has 4 atom stereocenters. The monoisotopic (exact) mass is 164 g/mol. The van der Waals surface area contributed by atoms with Gasteiger partial charge in [-0.15, -0.1) is 0 Å². The summed E-state index contributed by atoms with van der Waals surface area (Å²) in [4.78, 5) is 0. The Labute approximate surface area is 76.1 Å². The van der Waals surface area contributed by atoms with E-state index >= 15 is 0 Å². The SMILES string of the molecule is CCC1CCC(C)C2CC=CC12. The van der Waals surface area contributed by atoms with Crippen molar-refractivity contribution >= 4 is 0 Å². The molecule has 12 heavy (non-hydrogen) atoms. The Hall–Kier alpha value is -0.260. The van der Waals surface area contributed by atoms with Crippen molar-refractivity contribution in [2.45, 2.75) is 39.5 Å². The molecule has 0 aromatic carbocycles. The maximum atomic E-state index is 2.49. The normalized spacial score (nSPS) is 46.2. The standard InChI is InChI=1S/C12H20/c1-3-10-8-7-9(2)11-5-4-6-12(10)11/h4,6,9-12H,3,5,7-8H2,1-2H3. The van der Waals surface area contributed by atoms with Crippen LogP contribution in [-0.4, -0.2) is 0 Å². The van der Waals surface area contributed by atoms with Gasteiger partial charge < -0.3 is 0 Å². The van der Waals surface area contributed by atoms with E-state index in [2.05, 4.69) is 26.0 Å². The second-order valence-corrected chi connectivity index (χ2v) is 4.63. The molecule has 0 heteroatoms. The zero-order valence-electron chi connectivity index (χ0n) is 8.29. The molecular formula is C12H20. The van der Waals surface area contributed by atoms with Gasteiger partial charge in [0.15, 0.2) is 0 Å². The van der Waals surface area contributed by atoms with Crippen LogP contribution in [0.1, 0.15) is 39.5 Å². The molecule has 0 radical (unpaired) electrons. The van der Waals surface area contributed by atoms with Crippen molar-refractivity contribution in [1.82, 2.24) is 0 Å². The molecule has 0 aromatic rings. The highest BCUT2D eigenvalue weighted by atomic mass is 14.4. The molecule has 1 fully saturated rings. The van der Waals surface area contributed by atoms with Crippen LogP contribution in [0.25, 0.3) is 0 Å². The maximum Gasteiger partial charge on any atom is -0.0171 e. The van der Waals surface area contributed by atoms with E-state index in [1.54, 1.807) is 0 Å². The third-order valence-corrected chi connectivity index (χ3v) is 4.05. The van der Waals surface area contributed by atoms with E-state index in [0.717, 1.165) is 23.7 Å². The summed E-state index contributed by atoms with van der Waals surface area (Å²) in [5.74, 6) is 3.93. The molecule has 0 aliphatic heterocycles. The van der Waals surface area contributed by atoms with Crippen molar-refractivity contribution in [2.75, 3.05) is 0 Å². The van der Waals surface area contributed by atoms with Gasteiger partial charge in [0.25, 0.3) is 0 Å².